The van der Waals surface area contributed by atoms with Gasteiger partial charge in [-0.05, 0) is 24.3 Å². The van der Waals surface area contributed by atoms with Gasteiger partial charge in [0, 0.05) is 36.1 Å². The predicted octanol–water partition coefficient (Wildman–Crippen LogP) is 3.94. The van der Waals surface area contributed by atoms with E-state index in [1.807, 2.05) is 0 Å². The normalized spacial score (nSPS) is 18.6. The first-order valence-electron chi connectivity index (χ1n) is 8.82. The maximum Gasteiger partial charge on any atom is 0.338 e. The minimum Gasteiger partial charge on any atom is -0.462 e. The van der Waals surface area contributed by atoms with E-state index in [9.17, 15) is 29.8 Å². The fourth-order valence-corrected chi connectivity index (χ4v) is 3.59. The molecule has 0 N–H and O–H groups in total. The van der Waals surface area contributed by atoms with Gasteiger partial charge in [-0.25, -0.2) is 9.59 Å². The molecule has 0 bridgehead atoms. The first-order valence-corrected chi connectivity index (χ1v) is 9.58. The van der Waals surface area contributed by atoms with Crippen LogP contribution in [0, 0.1) is 32.1 Å². The van der Waals surface area contributed by atoms with Gasteiger partial charge >= 0.3 is 11.9 Å². The van der Waals surface area contributed by atoms with Gasteiger partial charge in [0.15, 0.2) is 0 Å². The van der Waals surface area contributed by atoms with Crippen molar-refractivity contribution in [3.63, 3.8) is 0 Å². The molecule has 1 fully saturated rings. The minimum absolute atomic E-state index is 0.127. The van der Waals surface area contributed by atoms with Gasteiger partial charge in [0.2, 0.25) is 0 Å². The number of hydrogen-bond acceptors (Lipinski definition) is 8. The van der Waals surface area contributed by atoms with E-state index >= 15 is 0 Å². The number of alkyl halides is 2. The number of nitro benzene ring substituents is 2. The number of nitro groups is 2. The molecule has 31 heavy (non-hydrogen) atoms. The SMILES string of the molecule is O=C(OC[C@H]1[C@H](COC(=O)c2ccc([N+](=O)[O-])cc2)C1(Cl)Cl)c1ccc([N+](=O)[O-])cc1. The number of nitrogens with zero attached hydrogens (tertiary/aromatic N) is 2. The second-order valence-electron chi connectivity index (χ2n) is 6.69. The zero-order chi connectivity index (χ0) is 22.8. The Morgan fingerprint density at radius 1 is 0.774 bits per heavy atom. The standard InChI is InChI=1S/C19H14Cl2N2O8/c20-19(21)15(9-30-17(24)11-1-5-13(6-2-11)22(26)27)16(19)10-31-18(25)12-3-7-14(8-4-12)23(28)29/h1-8,15-16H,9-10H2/t15-,16-/m0/s1. The van der Waals surface area contributed by atoms with Crippen molar-refractivity contribution in [1.82, 2.24) is 0 Å². The number of halogens is 2. The van der Waals surface area contributed by atoms with Crippen LogP contribution < -0.4 is 0 Å². The van der Waals surface area contributed by atoms with Crippen LogP contribution in [0.5, 0.6) is 0 Å². The van der Waals surface area contributed by atoms with Crippen molar-refractivity contribution in [3.05, 3.63) is 79.9 Å². The van der Waals surface area contributed by atoms with E-state index in [1.54, 1.807) is 0 Å². The molecule has 0 aromatic heterocycles. The highest BCUT2D eigenvalue weighted by Gasteiger charge is 2.64. The highest BCUT2D eigenvalue weighted by molar-refractivity contribution is 6.51. The maximum atomic E-state index is 12.1. The second-order valence-corrected chi connectivity index (χ2v) is 8.14. The molecular weight excluding hydrogens is 455 g/mol. The lowest BCUT2D eigenvalue weighted by Gasteiger charge is -2.05. The molecule has 0 amide bonds. The van der Waals surface area contributed by atoms with Crippen molar-refractivity contribution in [2.24, 2.45) is 11.8 Å². The molecule has 1 aliphatic rings. The highest BCUT2D eigenvalue weighted by atomic mass is 35.5. The summed E-state index contributed by atoms with van der Waals surface area (Å²) in [5, 5.41) is 21.3. The molecule has 0 heterocycles. The van der Waals surface area contributed by atoms with Crippen LogP contribution in [-0.2, 0) is 9.47 Å². The third kappa shape index (κ3) is 5.09. The Labute approximate surface area is 184 Å². The third-order valence-corrected chi connectivity index (χ3v) is 5.90. The Morgan fingerprint density at radius 2 is 1.10 bits per heavy atom. The van der Waals surface area contributed by atoms with Crippen LogP contribution in [0.25, 0.3) is 0 Å². The van der Waals surface area contributed by atoms with Crippen LogP contribution in [0.15, 0.2) is 48.5 Å². The number of esters is 2. The van der Waals surface area contributed by atoms with Crippen LogP contribution in [-0.4, -0.2) is 39.3 Å². The van der Waals surface area contributed by atoms with Crippen LogP contribution in [0.2, 0.25) is 0 Å². The molecule has 162 valence electrons. The van der Waals surface area contributed by atoms with Gasteiger partial charge in [0.05, 0.1) is 34.2 Å². The molecule has 0 spiro atoms. The Morgan fingerprint density at radius 3 is 1.39 bits per heavy atom. The molecule has 0 saturated heterocycles. The van der Waals surface area contributed by atoms with E-state index in [1.165, 1.54) is 48.5 Å². The van der Waals surface area contributed by atoms with Crippen molar-refractivity contribution in [1.29, 1.82) is 0 Å². The van der Waals surface area contributed by atoms with Crippen molar-refractivity contribution in [2.75, 3.05) is 13.2 Å². The number of non-ortho nitro benzene ring substituents is 2. The summed E-state index contributed by atoms with van der Waals surface area (Å²) in [5.41, 5.74) is -0.0624. The van der Waals surface area contributed by atoms with Gasteiger partial charge in [-0.3, -0.25) is 20.2 Å². The molecule has 2 atom stereocenters. The molecular formula is C19H14Cl2N2O8. The smallest absolute Gasteiger partial charge is 0.338 e. The van der Waals surface area contributed by atoms with Crippen LogP contribution >= 0.6 is 23.2 Å². The lowest BCUT2D eigenvalue weighted by atomic mass is 10.2. The number of rotatable bonds is 8. The Balaban J connectivity index is 1.50. The molecule has 10 nitrogen and oxygen atoms in total. The van der Waals surface area contributed by atoms with Crippen molar-refractivity contribution < 1.29 is 28.9 Å². The van der Waals surface area contributed by atoms with Crippen molar-refractivity contribution in [2.45, 2.75) is 4.33 Å². The average molecular weight is 469 g/mol. The first kappa shape index (κ1) is 22.4. The number of benzene rings is 2. The van der Waals surface area contributed by atoms with Gasteiger partial charge in [0.1, 0.15) is 4.33 Å². The van der Waals surface area contributed by atoms with Crippen LogP contribution in [0.3, 0.4) is 0 Å². The van der Waals surface area contributed by atoms with Crippen molar-refractivity contribution >= 4 is 46.5 Å². The molecule has 0 aliphatic heterocycles. The average Bonchev–Trinajstić information content (AvgIpc) is 3.28. The van der Waals surface area contributed by atoms with E-state index in [0.717, 1.165) is 0 Å². The van der Waals surface area contributed by atoms with E-state index in [0.29, 0.717) is 0 Å². The fraction of sp³-hybridized carbons (Fsp3) is 0.263. The Bertz CT molecular complexity index is 943. The number of carbonyl (C=O) groups excluding carboxylic acids is 2. The summed E-state index contributed by atoms with van der Waals surface area (Å²) in [6.07, 6.45) is 0. The third-order valence-electron chi connectivity index (χ3n) is 4.78. The van der Waals surface area contributed by atoms with Crippen LogP contribution in [0.1, 0.15) is 20.7 Å². The molecule has 0 unspecified atom stereocenters. The molecule has 1 saturated carbocycles. The Hall–Kier alpha value is -3.24. The Kier molecular flexibility index (Phi) is 6.42. The van der Waals surface area contributed by atoms with Gasteiger partial charge in [-0.15, -0.1) is 23.2 Å². The zero-order valence-corrected chi connectivity index (χ0v) is 17.1. The van der Waals surface area contributed by atoms with Gasteiger partial charge < -0.3 is 9.47 Å². The van der Waals surface area contributed by atoms with E-state index < -0.39 is 38.0 Å². The summed E-state index contributed by atoms with van der Waals surface area (Å²) in [6.45, 7) is -0.273. The summed E-state index contributed by atoms with van der Waals surface area (Å²) >= 11 is 12.4. The molecule has 0 radical (unpaired) electrons. The topological polar surface area (TPSA) is 139 Å². The molecule has 2 aromatic rings. The summed E-state index contributed by atoms with van der Waals surface area (Å²) in [4.78, 5) is 44.3. The number of carbonyl (C=O) groups is 2. The van der Waals surface area contributed by atoms with E-state index in [-0.39, 0.29) is 35.7 Å². The van der Waals surface area contributed by atoms with Gasteiger partial charge in [-0.1, -0.05) is 0 Å². The zero-order valence-electron chi connectivity index (χ0n) is 15.6. The molecule has 1 aliphatic carbocycles. The summed E-state index contributed by atoms with van der Waals surface area (Å²) in [5.74, 6) is -2.37. The quantitative estimate of drug-likeness (QED) is 0.245. The van der Waals surface area contributed by atoms with E-state index in [2.05, 4.69) is 0 Å². The van der Waals surface area contributed by atoms with Crippen molar-refractivity contribution in [3.8, 4) is 0 Å². The van der Waals surface area contributed by atoms with E-state index in [4.69, 9.17) is 32.7 Å². The maximum absolute atomic E-state index is 12.1. The molecule has 12 heteroatoms. The molecule has 3 rings (SSSR count). The van der Waals surface area contributed by atoms with Gasteiger partial charge in [0.25, 0.3) is 11.4 Å². The minimum atomic E-state index is -1.26. The second kappa shape index (κ2) is 8.86. The fourth-order valence-electron chi connectivity index (χ4n) is 2.85. The highest BCUT2D eigenvalue weighted by Crippen LogP contribution is 2.59. The predicted molar refractivity (Wildman–Crippen MR) is 108 cm³/mol. The monoisotopic (exact) mass is 468 g/mol. The largest absolute Gasteiger partial charge is 0.462 e. The summed E-state index contributed by atoms with van der Waals surface area (Å²) in [6, 6.07) is 9.81. The van der Waals surface area contributed by atoms with Gasteiger partial charge in [-0.2, -0.15) is 0 Å². The first-order chi connectivity index (χ1) is 14.6. The van der Waals surface area contributed by atoms with Crippen LogP contribution in [0.4, 0.5) is 11.4 Å². The molecule has 2 aromatic carbocycles. The number of ether oxygens (including phenoxy) is 2. The number of hydrogen-bond donors (Lipinski definition) is 0. The summed E-state index contributed by atoms with van der Waals surface area (Å²) in [7, 11) is 0. The summed E-state index contributed by atoms with van der Waals surface area (Å²) < 4.78 is 9.07. The lowest BCUT2D eigenvalue weighted by molar-refractivity contribution is -0.385. The lowest BCUT2D eigenvalue weighted by Crippen LogP contribution is -2.11.